The van der Waals surface area contributed by atoms with Gasteiger partial charge >= 0.3 is 0 Å². The number of hydrogen-bond donors (Lipinski definition) is 0. The Kier molecular flexibility index (Phi) is 4.46. The van der Waals surface area contributed by atoms with Crippen molar-refractivity contribution in [3.63, 3.8) is 0 Å². The molecule has 0 fully saturated rings. The van der Waals surface area contributed by atoms with Crippen LogP contribution >= 0.6 is 11.6 Å². The zero-order valence-corrected chi connectivity index (χ0v) is 11.1. The molecule has 0 saturated heterocycles. The van der Waals surface area contributed by atoms with Gasteiger partial charge in [-0.3, -0.25) is 4.68 Å². The van der Waals surface area contributed by atoms with Crippen molar-refractivity contribution in [1.29, 1.82) is 0 Å². The summed E-state index contributed by atoms with van der Waals surface area (Å²) in [5.74, 6) is 0.563. The summed E-state index contributed by atoms with van der Waals surface area (Å²) in [5, 5.41) is 5.25. The lowest BCUT2D eigenvalue weighted by molar-refractivity contribution is 0.0892. The minimum absolute atomic E-state index is 0.338. The Morgan fingerprint density at radius 3 is 2.94 bits per heavy atom. The largest absolute Gasteiger partial charge is 0.385 e. The van der Waals surface area contributed by atoms with Crippen molar-refractivity contribution in [3.8, 4) is 0 Å². The molecule has 7 heteroatoms. The second-order valence-electron chi connectivity index (χ2n) is 3.84. The van der Waals surface area contributed by atoms with Crippen molar-refractivity contribution in [3.05, 3.63) is 17.2 Å². The molecule has 18 heavy (non-hydrogen) atoms. The number of methoxy groups -OCH3 is 1. The van der Waals surface area contributed by atoms with E-state index in [2.05, 4.69) is 15.1 Å². The Balaban J connectivity index is 2.02. The number of ether oxygens (including phenoxy) is 2. The molecule has 2 heterocycles. The number of aromatic nitrogens is 4. The van der Waals surface area contributed by atoms with Crippen molar-refractivity contribution in [2.75, 3.05) is 20.3 Å². The fourth-order valence-corrected chi connectivity index (χ4v) is 1.79. The Morgan fingerprint density at radius 2 is 2.17 bits per heavy atom. The Labute approximate surface area is 110 Å². The van der Waals surface area contributed by atoms with E-state index in [0.717, 1.165) is 11.8 Å². The molecule has 98 valence electrons. The van der Waals surface area contributed by atoms with E-state index in [0.29, 0.717) is 36.4 Å². The van der Waals surface area contributed by atoms with E-state index in [1.54, 1.807) is 18.0 Å². The zero-order chi connectivity index (χ0) is 13.0. The molecule has 0 aliphatic heterocycles. The number of rotatable bonds is 6. The predicted molar refractivity (Wildman–Crippen MR) is 67.5 cm³/mol. The molecule has 2 rings (SSSR count). The lowest BCUT2D eigenvalue weighted by atomic mass is 10.4. The topological polar surface area (TPSA) is 62.1 Å². The van der Waals surface area contributed by atoms with Gasteiger partial charge in [0, 0.05) is 27.4 Å². The maximum atomic E-state index is 6.06. The van der Waals surface area contributed by atoms with Crippen LogP contribution in [0.2, 0.25) is 5.15 Å². The Morgan fingerprint density at radius 1 is 1.33 bits per heavy atom. The van der Waals surface area contributed by atoms with Gasteiger partial charge in [0.1, 0.15) is 11.8 Å². The van der Waals surface area contributed by atoms with Gasteiger partial charge in [-0.25, -0.2) is 9.97 Å². The molecule has 0 atom stereocenters. The molecular formula is C11H15ClN4O2. The van der Waals surface area contributed by atoms with Crippen molar-refractivity contribution in [1.82, 2.24) is 19.7 Å². The monoisotopic (exact) mass is 270 g/mol. The summed E-state index contributed by atoms with van der Waals surface area (Å²) >= 11 is 6.06. The zero-order valence-electron chi connectivity index (χ0n) is 10.4. The van der Waals surface area contributed by atoms with Gasteiger partial charge in [0.15, 0.2) is 11.5 Å². The van der Waals surface area contributed by atoms with E-state index >= 15 is 0 Å². The first-order valence-corrected chi connectivity index (χ1v) is 6.01. The normalized spacial score (nSPS) is 11.3. The first kappa shape index (κ1) is 13.2. The van der Waals surface area contributed by atoms with Gasteiger partial charge in [-0.05, 0) is 6.42 Å². The van der Waals surface area contributed by atoms with Gasteiger partial charge in [-0.15, -0.1) is 0 Å². The second-order valence-corrected chi connectivity index (χ2v) is 4.19. The molecule has 0 aromatic carbocycles. The number of halogens is 1. The summed E-state index contributed by atoms with van der Waals surface area (Å²) in [4.78, 5) is 8.54. The fraction of sp³-hybridized carbons (Fsp3) is 0.545. The van der Waals surface area contributed by atoms with Crippen LogP contribution in [0.1, 0.15) is 12.2 Å². The molecule has 6 nitrogen and oxygen atoms in total. The second kappa shape index (κ2) is 6.08. The van der Waals surface area contributed by atoms with Gasteiger partial charge in [0.05, 0.1) is 11.6 Å². The molecule has 0 radical (unpaired) electrons. The Bertz CT molecular complexity index is 529. The van der Waals surface area contributed by atoms with E-state index in [1.807, 2.05) is 7.05 Å². The number of nitrogens with zero attached hydrogens (tertiary/aromatic N) is 4. The highest BCUT2D eigenvalue weighted by Crippen LogP contribution is 2.19. The summed E-state index contributed by atoms with van der Waals surface area (Å²) in [7, 11) is 3.48. The number of hydrogen-bond acceptors (Lipinski definition) is 5. The molecule has 0 aliphatic rings. The highest BCUT2D eigenvalue weighted by Gasteiger charge is 2.09. The molecule has 2 aromatic rings. The minimum atomic E-state index is 0.338. The van der Waals surface area contributed by atoms with Gasteiger partial charge < -0.3 is 9.47 Å². The minimum Gasteiger partial charge on any atom is -0.385 e. The number of aryl methyl sites for hydroxylation is 1. The fourth-order valence-electron chi connectivity index (χ4n) is 1.56. The van der Waals surface area contributed by atoms with Crippen LogP contribution in [-0.4, -0.2) is 40.1 Å². The molecule has 2 aromatic heterocycles. The molecule has 0 bridgehead atoms. The standard InChI is InChI=1S/C11H15ClN4O2/c1-16-11-8(6-13-16)10(12)14-9(15-11)7-18-5-3-4-17-2/h6H,3-5,7H2,1-2H3. The van der Waals surface area contributed by atoms with E-state index in [4.69, 9.17) is 21.1 Å². The first-order valence-electron chi connectivity index (χ1n) is 5.63. The molecule has 0 amide bonds. The summed E-state index contributed by atoms with van der Waals surface area (Å²) in [6.45, 7) is 1.63. The third-order valence-corrected chi connectivity index (χ3v) is 2.75. The molecule has 0 saturated carbocycles. The van der Waals surface area contributed by atoms with Gasteiger partial charge in [0.25, 0.3) is 0 Å². The van der Waals surface area contributed by atoms with E-state index in [1.165, 1.54) is 0 Å². The first-order chi connectivity index (χ1) is 8.72. The maximum Gasteiger partial charge on any atom is 0.162 e. The number of fused-ring (bicyclic) bond motifs is 1. The van der Waals surface area contributed by atoms with Crippen LogP contribution in [0.5, 0.6) is 0 Å². The molecule has 0 aliphatic carbocycles. The van der Waals surface area contributed by atoms with Crippen LogP contribution in [0.25, 0.3) is 11.0 Å². The summed E-state index contributed by atoms with van der Waals surface area (Å²) in [5.41, 5.74) is 0.713. The Hall–Kier alpha value is -1.24. The maximum absolute atomic E-state index is 6.06. The highest BCUT2D eigenvalue weighted by molar-refractivity contribution is 6.33. The van der Waals surface area contributed by atoms with Crippen LogP contribution in [0, 0.1) is 0 Å². The average Bonchev–Trinajstić information content (AvgIpc) is 2.72. The van der Waals surface area contributed by atoms with Gasteiger partial charge in [-0.2, -0.15) is 5.10 Å². The lowest BCUT2D eigenvalue weighted by Crippen LogP contribution is -2.04. The van der Waals surface area contributed by atoms with Crippen molar-refractivity contribution < 1.29 is 9.47 Å². The van der Waals surface area contributed by atoms with E-state index in [9.17, 15) is 0 Å². The average molecular weight is 271 g/mol. The van der Waals surface area contributed by atoms with Crippen molar-refractivity contribution in [2.24, 2.45) is 7.05 Å². The van der Waals surface area contributed by atoms with E-state index < -0.39 is 0 Å². The quantitative estimate of drug-likeness (QED) is 0.589. The molecule has 0 N–H and O–H groups in total. The van der Waals surface area contributed by atoms with Crippen molar-refractivity contribution in [2.45, 2.75) is 13.0 Å². The smallest absolute Gasteiger partial charge is 0.162 e. The van der Waals surface area contributed by atoms with Crippen molar-refractivity contribution >= 4 is 22.6 Å². The molecular weight excluding hydrogens is 256 g/mol. The van der Waals surface area contributed by atoms with Crippen LogP contribution in [-0.2, 0) is 23.1 Å². The molecule has 0 spiro atoms. The van der Waals surface area contributed by atoms with E-state index in [-0.39, 0.29) is 0 Å². The van der Waals surface area contributed by atoms with Gasteiger partial charge in [-0.1, -0.05) is 11.6 Å². The lowest BCUT2D eigenvalue weighted by Gasteiger charge is -2.04. The summed E-state index contributed by atoms with van der Waals surface area (Å²) < 4.78 is 12.0. The van der Waals surface area contributed by atoms with Crippen LogP contribution in [0.3, 0.4) is 0 Å². The summed E-state index contributed by atoms with van der Waals surface area (Å²) in [6, 6.07) is 0. The molecule has 0 unspecified atom stereocenters. The van der Waals surface area contributed by atoms with Crippen LogP contribution in [0.4, 0.5) is 0 Å². The third-order valence-electron chi connectivity index (χ3n) is 2.46. The predicted octanol–water partition coefficient (Wildman–Crippen LogP) is 1.57. The third kappa shape index (κ3) is 2.95. The highest BCUT2D eigenvalue weighted by atomic mass is 35.5. The van der Waals surface area contributed by atoms with Crippen LogP contribution in [0.15, 0.2) is 6.20 Å². The summed E-state index contributed by atoms with van der Waals surface area (Å²) in [6.07, 6.45) is 2.50. The van der Waals surface area contributed by atoms with Gasteiger partial charge in [0.2, 0.25) is 0 Å². The van der Waals surface area contributed by atoms with Crippen LogP contribution < -0.4 is 0 Å². The SMILES string of the molecule is COCCCOCc1nc(Cl)c2cnn(C)c2n1.